The Bertz CT molecular complexity index is 892. The Kier molecular flexibility index (Phi) is 5.97. The Morgan fingerprint density at radius 3 is 2.58 bits per heavy atom. The number of rotatable bonds is 6. The zero-order valence-electron chi connectivity index (χ0n) is 17.1. The van der Waals surface area contributed by atoms with Crippen LogP contribution in [0.4, 0.5) is 5.95 Å². The summed E-state index contributed by atoms with van der Waals surface area (Å²) < 4.78 is 23.4. The zero-order valence-corrected chi connectivity index (χ0v) is 17.1. The fraction of sp³-hybridized carbons (Fsp3) is 0.500. The molecule has 0 bridgehead atoms. The van der Waals surface area contributed by atoms with E-state index < -0.39 is 6.10 Å². The predicted octanol–water partition coefficient (Wildman–Crippen LogP) is 1.41. The summed E-state index contributed by atoms with van der Waals surface area (Å²) in [5.74, 6) is 0.642. The number of ether oxygens (including phenoxy) is 4. The van der Waals surface area contributed by atoms with Gasteiger partial charge in [-0.15, -0.1) is 0 Å². The van der Waals surface area contributed by atoms with E-state index in [2.05, 4.69) is 20.6 Å². The standard InChI is InChI=1S/C22H26N4O5/c27-21(14-4-2-1-3-5-14)31-17-13-29-19-16(12-28-20(17)19)30-18-8-11-24-22(26-18)25-15-6-9-23-10-7-15/h1-5,8,11,15-17,19-20,23H,6-7,9-10,12-13H2,(H,24,25,26)/t16?,17-,19+,20+/m0/s1. The van der Waals surface area contributed by atoms with Gasteiger partial charge in [-0.05, 0) is 38.1 Å². The first-order chi connectivity index (χ1) is 15.3. The fourth-order valence-corrected chi connectivity index (χ4v) is 4.19. The van der Waals surface area contributed by atoms with Crippen LogP contribution in [0.1, 0.15) is 23.2 Å². The summed E-state index contributed by atoms with van der Waals surface area (Å²) in [5.41, 5.74) is 0.506. The van der Waals surface area contributed by atoms with Crippen LogP contribution < -0.4 is 15.4 Å². The molecule has 0 amide bonds. The number of anilines is 1. The zero-order chi connectivity index (χ0) is 21.0. The average molecular weight is 426 g/mol. The normalized spacial score (nSPS) is 28.1. The molecule has 31 heavy (non-hydrogen) atoms. The Morgan fingerprint density at radius 2 is 1.77 bits per heavy atom. The maximum atomic E-state index is 12.4. The molecular formula is C22H26N4O5. The largest absolute Gasteiger partial charge is 0.469 e. The van der Waals surface area contributed by atoms with Crippen LogP contribution in [-0.2, 0) is 14.2 Å². The SMILES string of the molecule is O=C(O[C@H]1CO[C@@H]2C(Oc3ccnc(NC4CCNCC4)n3)CO[C@H]12)c1ccccc1. The van der Waals surface area contributed by atoms with Crippen molar-refractivity contribution in [3.05, 3.63) is 48.2 Å². The number of esters is 1. The number of nitrogens with zero attached hydrogens (tertiary/aromatic N) is 2. The molecule has 9 heteroatoms. The smallest absolute Gasteiger partial charge is 0.338 e. The van der Waals surface area contributed by atoms with E-state index in [1.165, 1.54) is 0 Å². The minimum absolute atomic E-state index is 0.278. The fourth-order valence-electron chi connectivity index (χ4n) is 4.19. The van der Waals surface area contributed by atoms with E-state index in [0.717, 1.165) is 25.9 Å². The third kappa shape index (κ3) is 4.63. The number of benzene rings is 1. The lowest BCUT2D eigenvalue weighted by Gasteiger charge is -2.24. The second-order valence-corrected chi connectivity index (χ2v) is 7.95. The monoisotopic (exact) mass is 426 g/mol. The highest BCUT2D eigenvalue weighted by Gasteiger charge is 2.51. The molecule has 2 N–H and O–H groups in total. The van der Waals surface area contributed by atoms with Crippen molar-refractivity contribution in [3.63, 3.8) is 0 Å². The number of hydrogen-bond acceptors (Lipinski definition) is 9. The van der Waals surface area contributed by atoms with E-state index in [1.807, 2.05) is 6.07 Å². The summed E-state index contributed by atoms with van der Waals surface area (Å²) in [7, 11) is 0. The first-order valence-corrected chi connectivity index (χ1v) is 10.7. The molecule has 3 aliphatic rings. The van der Waals surface area contributed by atoms with E-state index in [4.69, 9.17) is 18.9 Å². The molecule has 0 spiro atoms. The van der Waals surface area contributed by atoms with Crippen molar-refractivity contribution in [2.24, 2.45) is 0 Å². The molecule has 3 fully saturated rings. The summed E-state index contributed by atoms with van der Waals surface area (Å²) in [6.45, 7) is 2.60. The van der Waals surface area contributed by atoms with Crippen molar-refractivity contribution < 1.29 is 23.7 Å². The van der Waals surface area contributed by atoms with Crippen LogP contribution in [0.25, 0.3) is 0 Å². The number of fused-ring (bicyclic) bond motifs is 1. The summed E-state index contributed by atoms with van der Waals surface area (Å²) >= 11 is 0. The van der Waals surface area contributed by atoms with Crippen molar-refractivity contribution in [1.29, 1.82) is 0 Å². The topological polar surface area (TPSA) is 104 Å². The maximum Gasteiger partial charge on any atom is 0.338 e. The minimum atomic E-state index is -0.464. The third-order valence-electron chi connectivity index (χ3n) is 5.80. The Morgan fingerprint density at radius 1 is 1.03 bits per heavy atom. The van der Waals surface area contributed by atoms with Gasteiger partial charge in [0, 0.05) is 18.3 Å². The molecule has 0 saturated carbocycles. The van der Waals surface area contributed by atoms with Crippen LogP contribution in [0, 0.1) is 0 Å². The van der Waals surface area contributed by atoms with E-state index >= 15 is 0 Å². The van der Waals surface area contributed by atoms with Gasteiger partial charge in [-0.1, -0.05) is 18.2 Å². The molecule has 0 radical (unpaired) electrons. The van der Waals surface area contributed by atoms with Crippen LogP contribution in [0.5, 0.6) is 5.88 Å². The van der Waals surface area contributed by atoms with Gasteiger partial charge >= 0.3 is 5.97 Å². The van der Waals surface area contributed by atoms with Gasteiger partial charge in [-0.2, -0.15) is 4.98 Å². The van der Waals surface area contributed by atoms with E-state index in [9.17, 15) is 4.79 Å². The van der Waals surface area contributed by atoms with Crippen LogP contribution >= 0.6 is 0 Å². The second kappa shape index (κ2) is 9.17. The lowest BCUT2D eigenvalue weighted by molar-refractivity contribution is -0.0192. The average Bonchev–Trinajstić information content (AvgIpc) is 3.39. The maximum absolute atomic E-state index is 12.4. The first kappa shape index (κ1) is 20.2. The van der Waals surface area contributed by atoms with Crippen LogP contribution in [0.15, 0.2) is 42.6 Å². The molecule has 4 atom stereocenters. The number of aromatic nitrogens is 2. The van der Waals surface area contributed by atoms with Crippen LogP contribution in [-0.4, -0.2) is 72.7 Å². The number of nitrogens with one attached hydrogen (secondary N) is 2. The number of carbonyl (C=O) groups is 1. The number of piperidine rings is 1. The molecule has 3 saturated heterocycles. The van der Waals surface area contributed by atoms with Crippen molar-refractivity contribution in [1.82, 2.24) is 15.3 Å². The molecular weight excluding hydrogens is 400 g/mol. The van der Waals surface area contributed by atoms with Gasteiger partial charge in [-0.3, -0.25) is 0 Å². The van der Waals surface area contributed by atoms with Crippen molar-refractivity contribution >= 4 is 11.9 Å². The molecule has 1 unspecified atom stereocenters. The first-order valence-electron chi connectivity index (χ1n) is 10.7. The molecule has 2 aromatic rings. The lowest BCUT2D eigenvalue weighted by Crippen LogP contribution is -2.36. The Hall–Kier alpha value is -2.75. The van der Waals surface area contributed by atoms with Crippen molar-refractivity contribution in [2.45, 2.75) is 43.3 Å². The van der Waals surface area contributed by atoms with Crippen LogP contribution in [0.2, 0.25) is 0 Å². The summed E-state index contributed by atoms with van der Waals surface area (Å²) in [4.78, 5) is 21.2. The second-order valence-electron chi connectivity index (χ2n) is 7.95. The number of carbonyl (C=O) groups excluding carboxylic acids is 1. The highest BCUT2D eigenvalue weighted by Crippen LogP contribution is 2.31. The molecule has 3 aliphatic heterocycles. The molecule has 164 valence electrons. The van der Waals surface area contributed by atoms with Gasteiger partial charge < -0.3 is 29.6 Å². The lowest BCUT2D eigenvalue weighted by atomic mass is 10.1. The molecule has 5 rings (SSSR count). The summed E-state index contributed by atoms with van der Waals surface area (Å²) in [6.07, 6.45) is 2.29. The molecule has 1 aromatic carbocycles. The molecule has 9 nitrogen and oxygen atoms in total. The van der Waals surface area contributed by atoms with E-state index in [-0.39, 0.29) is 30.9 Å². The highest BCUT2D eigenvalue weighted by molar-refractivity contribution is 5.89. The minimum Gasteiger partial charge on any atom is -0.469 e. The van der Waals surface area contributed by atoms with Gasteiger partial charge in [0.15, 0.2) is 12.2 Å². The quantitative estimate of drug-likeness (QED) is 0.664. The van der Waals surface area contributed by atoms with E-state index in [1.54, 1.807) is 36.5 Å². The summed E-state index contributed by atoms with van der Waals surface area (Å²) in [5, 5.41) is 6.72. The molecule has 4 heterocycles. The third-order valence-corrected chi connectivity index (χ3v) is 5.80. The predicted molar refractivity (Wildman–Crippen MR) is 111 cm³/mol. The van der Waals surface area contributed by atoms with Gasteiger partial charge in [0.1, 0.15) is 12.2 Å². The van der Waals surface area contributed by atoms with Crippen molar-refractivity contribution in [3.8, 4) is 5.88 Å². The van der Waals surface area contributed by atoms with Gasteiger partial charge in [-0.25, -0.2) is 9.78 Å². The molecule has 1 aromatic heterocycles. The van der Waals surface area contributed by atoms with Gasteiger partial charge in [0.2, 0.25) is 11.8 Å². The van der Waals surface area contributed by atoms with Crippen LogP contribution in [0.3, 0.4) is 0 Å². The summed E-state index contributed by atoms with van der Waals surface area (Å²) in [6, 6.07) is 11.0. The number of hydrogen-bond donors (Lipinski definition) is 2. The highest BCUT2D eigenvalue weighted by atomic mass is 16.7. The van der Waals surface area contributed by atoms with Gasteiger partial charge in [0.05, 0.1) is 18.8 Å². The van der Waals surface area contributed by atoms with E-state index in [0.29, 0.717) is 30.0 Å². The Labute approximate surface area is 180 Å². The van der Waals surface area contributed by atoms with Crippen molar-refractivity contribution in [2.75, 3.05) is 31.6 Å². The Balaban J connectivity index is 1.18. The molecule has 0 aliphatic carbocycles. The van der Waals surface area contributed by atoms with Gasteiger partial charge in [0.25, 0.3) is 0 Å².